The highest BCUT2D eigenvalue weighted by molar-refractivity contribution is 5.88. The third-order valence-electron chi connectivity index (χ3n) is 5.38. The average Bonchev–Trinajstić information content (AvgIpc) is 2.70. The molecule has 0 amide bonds. The number of unbranched alkanes of at least 4 members (excludes halogenated alkanes) is 13. The topological polar surface area (TPSA) is 83.8 Å². The van der Waals surface area contributed by atoms with Crippen molar-refractivity contribution in [3.63, 3.8) is 0 Å². The van der Waals surface area contributed by atoms with Gasteiger partial charge in [-0.1, -0.05) is 104 Å². The first-order chi connectivity index (χ1) is 13.6. The summed E-state index contributed by atoms with van der Waals surface area (Å²) in [6.07, 6.45) is 17.8. The Balaban J connectivity index is 3.55. The molecule has 0 saturated carbocycles. The van der Waals surface area contributed by atoms with Gasteiger partial charge in [-0.15, -0.1) is 0 Å². The fourth-order valence-electron chi connectivity index (χ4n) is 3.40. The minimum absolute atomic E-state index is 0.313. The molecule has 0 aromatic carbocycles. The summed E-state index contributed by atoms with van der Waals surface area (Å²) in [5, 5.41) is 17.9. The number of esters is 2. The molecule has 2 N–H and O–H groups in total. The minimum atomic E-state index is -1.64. The van der Waals surface area contributed by atoms with Crippen LogP contribution in [0.3, 0.4) is 0 Å². The molecule has 28 heavy (non-hydrogen) atoms. The Kier molecular flexibility index (Phi) is 18.7. The Morgan fingerprint density at radius 2 is 1.14 bits per heavy atom. The third-order valence-corrected chi connectivity index (χ3v) is 5.38. The zero-order valence-electron chi connectivity index (χ0n) is 18.3. The minimum Gasteiger partial charge on any atom is -0.393 e. The van der Waals surface area contributed by atoms with Gasteiger partial charge in [-0.2, -0.15) is 0 Å². The molecule has 0 radical (unpaired) electrons. The molecular formula is C23H44O5. The summed E-state index contributed by atoms with van der Waals surface area (Å²) < 4.78 is 4.64. The Labute approximate surface area is 172 Å². The van der Waals surface area contributed by atoms with Crippen molar-refractivity contribution < 1.29 is 24.5 Å². The first-order valence-electron chi connectivity index (χ1n) is 11.6. The molecular weight excluding hydrogens is 356 g/mol. The Morgan fingerprint density at radius 3 is 1.54 bits per heavy atom. The van der Waals surface area contributed by atoms with Crippen molar-refractivity contribution in [2.24, 2.45) is 5.92 Å². The van der Waals surface area contributed by atoms with Gasteiger partial charge in [0.15, 0.2) is 6.10 Å². The van der Waals surface area contributed by atoms with Gasteiger partial charge in [-0.3, -0.25) is 4.79 Å². The summed E-state index contributed by atoms with van der Waals surface area (Å²) in [5.74, 6) is -1.96. The van der Waals surface area contributed by atoms with Gasteiger partial charge in [0, 0.05) is 0 Å². The first kappa shape index (κ1) is 27.1. The predicted octanol–water partition coefficient (Wildman–Crippen LogP) is 5.31. The van der Waals surface area contributed by atoms with Crippen molar-refractivity contribution in [2.75, 3.05) is 6.61 Å². The summed E-state index contributed by atoms with van der Waals surface area (Å²) >= 11 is 0. The number of aliphatic hydroxyl groups excluding tert-OH is 2. The van der Waals surface area contributed by atoms with Gasteiger partial charge in [0.1, 0.15) is 0 Å². The molecule has 2 unspecified atom stereocenters. The second kappa shape index (κ2) is 19.4. The van der Waals surface area contributed by atoms with E-state index in [4.69, 9.17) is 10.2 Å². The maximum Gasteiger partial charge on any atom is 0.345 e. The molecule has 0 aliphatic rings. The van der Waals surface area contributed by atoms with Crippen LogP contribution >= 0.6 is 0 Å². The van der Waals surface area contributed by atoms with E-state index in [0.717, 1.165) is 12.8 Å². The standard InChI is InChI=1S/C23H44O5/c1-3-5-6-7-8-9-10-11-12-13-14-15-16-17-18-20(4-2)22(26)28-23(27)21(25)19-24/h20-21,24-25H,3-19H2,1-2H3. The van der Waals surface area contributed by atoms with E-state index < -0.39 is 24.6 Å². The van der Waals surface area contributed by atoms with Gasteiger partial charge >= 0.3 is 11.9 Å². The van der Waals surface area contributed by atoms with E-state index in [1.54, 1.807) is 0 Å². The van der Waals surface area contributed by atoms with Crippen LogP contribution in [0.4, 0.5) is 0 Å². The van der Waals surface area contributed by atoms with E-state index in [9.17, 15) is 9.59 Å². The van der Waals surface area contributed by atoms with Crippen LogP contribution in [0.1, 0.15) is 117 Å². The van der Waals surface area contributed by atoms with Crippen molar-refractivity contribution in [3.8, 4) is 0 Å². The van der Waals surface area contributed by atoms with Crippen LogP contribution in [0.5, 0.6) is 0 Å². The number of ether oxygens (including phenoxy) is 1. The molecule has 0 spiro atoms. The first-order valence-corrected chi connectivity index (χ1v) is 11.6. The number of hydrogen-bond acceptors (Lipinski definition) is 5. The highest BCUT2D eigenvalue weighted by Gasteiger charge is 2.24. The lowest BCUT2D eigenvalue weighted by molar-refractivity contribution is -0.170. The number of rotatable bonds is 19. The molecule has 166 valence electrons. The average molecular weight is 401 g/mol. The zero-order valence-corrected chi connectivity index (χ0v) is 18.3. The van der Waals surface area contributed by atoms with Crippen LogP contribution in [-0.4, -0.2) is 34.9 Å². The van der Waals surface area contributed by atoms with E-state index >= 15 is 0 Å². The van der Waals surface area contributed by atoms with Gasteiger partial charge in [-0.25, -0.2) is 4.79 Å². The van der Waals surface area contributed by atoms with Crippen LogP contribution in [0, 0.1) is 5.92 Å². The molecule has 5 nitrogen and oxygen atoms in total. The molecule has 0 saturated heterocycles. The van der Waals surface area contributed by atoms with Gasteiger partial charge in [0.2, 0.25) is 0 Å². The summed E-state index contributed by atoms with van der Waals surface area (Å²) in [6, 6.07) is 0. The number of aliphatic hydroxyl groups is 2. The Bertz CT molecular complexity index is 383. The molecule has 0 fully saturated rings. The SMILES string of the molecule is CCCCCCCCCCCCCCCCC(CC)C(=O)OC(=O)C(O)CO. The zero-order chi connectivity index (χ0) is 21.0. The van der Waals surface area contributed by atoms with Crippen LogP contribution in [0.15, 0.2) is 0 Å². The quantitative estimate of drug-likeness (QED) is 0.174. The lowest BCUT2D eigenvalue weighted by Gasteiger charge is -2.14. The number of carbonyl (C=O) groups is 2. The Morgan fingerprint density at radius 1 is 0.714 bits per heavy atom. The smallest absolute Gasteiger partial charge is 0.345 e. The third kappa shape index (κ3) is 15.0. The second-order valence-electron chi connectivity index (χ2n) is 7.93. The molecule has 2 atom stereocenters. The van der Waals surface area contributed by atoms with Gasteiger partial charge < -0.3 is 14.9 Å². The monoisotopic (exact) mass is 400 g/mol. The maximum absolute atomic E-state index is 11.9. The van der Waals surface area contributed by atoms with Gasteiger partial charge in [0.05, 0.1) is 12.5 Å². The lowest BCUT2D eigenvalue weighted by atomic mass is 9.97. The van der Waals surface area contributed by atoms with E-state index in [-0.39, 0.29) is 5.92 Å². The van der Waals surface area contributed by atoms with E-state index in [0.29, 0.717) is 12.8 Å². The van der Waals surface area contributed by atoms with Gasteiger partial charge in [-0.05, 0) is 12.8 Å². The van der Waals surface area contributed by atoms with Crippen molar-refractivity contribution in [3.05, 3.63) is 0 Å². The van der Waals surface area contributed by atoms with Crippen LogP contribution in [0.2, 0.25) is 0 Å². The largest absolute Gasteiger partial charge is 0.393 e. The highest BCUT2D eigenvalue weighted by Crippen LogP contribution is 2.18. The summed E-state index contributed by atoms with van der Waals surface area (Å²) in [5.41, 5.74) is 0. The van der Waals surface area contributed by atoms with Crippen LogP contribution in [0.25, 0.3) is 0 Å². The number of carbonyl (C=O) groups excluding carboxylic acids is 2. The van der Waals surface area contributed by atoms with Crippen LogP contribution < -0.4 is 0 Å². The molecule has 0 rings (SSSR count). The molecule has 0 aliphatic heterocycles. The fourth-order valence-corrected chi connectivity index (χ4v) is 3.40. The van der Waals surface area contributed by atoms with Crippen molar-refractivity contribution in [1.82, 2.24) is 0 Å². The van der Waals surface area contributed by atoms with Gasteiger partial charge in [0.25, 0.3) is 0 Å². The van der Waals surface area contributed by atoms with Crippen molar-refractivity contribution >= 4 is 11.9 Å². The molecule has 0 heterocycles. The van der Waals surface area contributed by atoms with Crippen LogP contribution in [-0.2, 0) is 14.3 Å². The fraction of sp³-hybridized carbons (Fsp3) is 0.913. The molecule has 5 heteroatoms. The van der Waals surface area contributed by atoms with E-state index in [1.165, 1.54) is 77.0 Å². The molecule has 0 aliphatic carbocycles. The summed E-state index contributed by atoms with van der Waals surface area (Å²) in [7, 11) is 0. The summed E-state index contributed by atoms with van der Waals surface area (Å²) in [6.45, 7) is 3.41. The second-order valence-corrected chi connectivity index (χ2v) is 7.93. The van der Waals surface area contributed by atoms with E-state index in [2.05, 4.69) is 11.7 Å². The van der Waals surface area contributed by atoms with E-state index in [1.807, 2.05) is 6.92 Å². The number of hydrogen-bond donors (Lipinski definition) is 2. The molecule has 0 aromatic heterocycles. The highest BCUT2D eigenvalue weighted by atomic mass is 16.6. The van der Waals surface area contributed by atoms with Crippen molar-refractivity contribution in [2.45, 2.75) is 123 Å². The normalized spacial score (nSPS) is 13.3. The molecule has 0 bridgehead atoms. The molecule has 0 aromatic rings. The van der Waals surface area contributed by atoms with Crippen molar-refractivity contribution in [1.29, 1.82) is 0 Å². The summed E-state index contributed by atoms with van der Waals surface area (Å²) in [4.78, 5) is 23.3. The maximum atomic E-state index is 11.9. The lowest BCUT2D eigenvalue weighted by Crippen LogP contribution is -2.31. The predicted molar refractivity (Wildman–Crippen MR) is 113 cm³/mol. The Hall–Kier alpha value is -0.940.